The summed E-state index contributed by atoms with van der Waals surface area (Å²) < 4.78 is 48.6. The number of methoxy groups -OCH3 is 1. The molecule has 0 saturated heterocycles. The summed E-state index contributed by atoms with van der Waals surface area (Å²) in [7, 11) is 1.49. The van der Waals surface area contributed by atoms with Gasteiger partial charge in [-0.3, -0.25) is 10.1 Å². The maximum atomic E-state index is 12.7. The fourth-order valence-corrected chi connectivity index (χ4v) is 2.09. The molecular formula is C16H15F3N2O4. The molecule has 9 heteroatoms. The lowest BCUT2D eigenvalue weighted by Gasteiger charge is -2.12. The fraction of sp³-hybridized carbons (Fsp3) is 0.250. The number of rotatable bonds is 7. The third-order valence-electron chi connectivity index (χ3n) is 3.27. The zero-order valence-electron chi connectivity index (χ0n) is 13.2. The van der Waals surface area contributed by atoms with Crippen molar-refractivity contribution in [3.63, 3.8) is 0 Å². The topological polar surface area (TPSA) is 73.6 Å². The van der Waals surface area contributed by atoms with Gasteiger partial charge in [0, 0.05) is 12.6 Å². The molecule has 0 bridgehead atoms. The molecule has 0 unspecified atom stereocenters. The highest BCUT2D eigenvalue weighted by molar-refractivity contribution is 5.63. The van der Waals surface area contributed by atoms with Crippen molar-refractivity contribution in [3.05, 3.63) is 58.1 Å². The molecule has 0 saturated carbocycles. The van der Waals surface area contributed by atoms with Crippen molar-refractivity contribution in [2.24, 2.45) is 0 Å². The van der Waals surface area contributed by atoms with E-state index in [-0.39, 0.29) is 18.8 Å². The first-order valence-corrected chi connectivity index (χ1v) is 7.18. The highest BCUT2D eigenvalue weighted by Gasteiger charge is 2.32. The van der Waals surface area contributed by atoms with E-state index in [1.165, 1.54) is 7.11 Å². The summed E-state index contributed by atoms with van der Waals surface area (Å²) in [5.41, 5.74) is -1.73. The standard InChI is InChI=1S/C16H15F3N2O4/c1-24-14-4-2-3-5-15(14)25-9-8-20-12-7-6-11(16(17,18)19)10-13(12)21(22)23/h2-7,10,20H,8-9H2,1H3. The van der Waals surface area contributed by atoms with Crippen LogP contribution in [0.25, 0.3) is 0 Å². The Morgan fingerprint density at radius 2 is 1.84 bits per heavy atom. The molecule has 2 aromatic rings. The quantitative estimate of drug-likeness (QED) is 0.459. The zero-order valence-corrected chi connectivity index (χ0v) is 13.2. The summed E-state index contributed by atoms with van der Waals surface area (Å²) in [5, 5.41) is 13.7. The van der Waals surface area contributed by atoms with Crippen LogP contribution in [-0.4, -0.2) is 25.2 Å². The second kappa shape index (κ2) is 7.73. The summed E-state index contributed by atoms with van der Waals surface area (Å²) in [5.74, 6) is 1.02. The molecule has 0 radical (unpaired) electrons. The van der Waals surface area contributed by atoms with Crippen LogP contribution in [0.3, 0.4) is 0 Å². The van der Waals surface area contributed by atoms with Gasteiger partial charge >= 0.3 is 6.18 Å². The second-order valence-corrected chi connectivity index (χ2v) is 4.91. The molecule has 0 atom stereocenters. The van der Waals surface area contributed by atoms with Gasteiger partial charge in [-0.15, -0.1) is 0 Å². The van der Waals surface area contributed by atoms with E-state index < -0.39 is 22.4 Å². The molecule has 0 aliphatic heterocycles. The molecular weight excluding hydrogens is 341 g/mol. The Balaban J connectivity index is 2.02. The van der Waals surface area contributed by atoms with Gasteiger partial charge in [0.1, 0.15) is 12.3 Å². The molecule has 2 rings (SSSR count). The molecule has 0 aliphatic rings. The van der Waals surface area contributed by atoms with Crippen LogP contribution in [0.5, 0.6) is 11.5 Å². The van der Waals surface area contributed by atoms with Gasteiger partial charge in [-0.2, -0.15) is 13.2 Å². The Morgan fingerprint density at radius 1 is 1.16 bits per heavy atom. The Labute approximate surface area is 141 Å². The number of halogens is 3. The van der Waals surface area contributed by atoms with Crippen LogP contribution in [0.4, 0.5) is 24.5 Å². The number of nitrogens with zero attached hydrogens (tertiary/aromatic N) is 1. The molecule has 2 aromatic carbocycles. The van der Waals surface area contributed by atoms with Crippen molar-refractivity contribution < 1.29 is 27.6 Å². The summed E-state index contributed by atoms with van der Waals surface area (Å²) >= 11 is 0. The molecule has 25 heavy (non-hydrogen) atoms. The predicted molar refractivity (Wildman–Crippen MR) is 85.1 cm³/mol. The molecule has 134 valence electrons. The third-order valence-corrected chi connectivity index (χ3v) is 3.27. The van der Waals surface area contributed by atoms with Gasteiger partial charge < -0.3 is 14.8 Å². The average molecular weight is 356 g/mol. The van der Waals surface area contributed by atoms with Crippen molar-refractivity contribution in [2.75, 3.05) is 25.6 Å². The van der Waals surface area contributed by atoms with Crippen molar-refractivity contribution in [1.82, 2.24) is 0 Å². The van der Waals surface area contributed by atoms with E-state index in [9.17, 15) is 23.3 Å². The van der Waals surface area contributed by atoms with E-state index in [1.807, 2.05) is 0 Å². The van der Waals surface area contributed by atoms with Crippen LogP contribution >= 0.6 is 0 Å². The minimum absolute atomic E-state index is 0.0124. The highest BCUT2D eigenvalue weighted by Crippen LogP contribution is 2.35. The van der Waals surface area contributed by atoms with Gasteiger partial charge in [-0.05, 0) is 24.3 Å². The summed E-state index contributed by atoms with van der Waals surface area (Å²) in [4.78, 5) is 10.1. The molecule has 0 amide bonds. The Morgan fingerprint density at radius 3 is 2.44 bits per heavy atom. The SMILES string of the molecule is COc1ccccc1OCCNc1ccc(C(F)(F)F)cc1[N+](=O)[O-]. The van der Waals surface area contributed by atoms with Crippen molar-refractivity contribution in [3.8, 4) is 11.5 Å². The zero-order chi connectivity index (χ0) is 18.4. The minimum Gasteiger partial charge on any atom is -0.493 e. The Bertz CT molecular complexity index is 750. The third kappa shape index (κ3) is 4.75. The van der Waals surface area contributed by atoms with E-state index in [0.717, 1.165) is 12.1 Å². The van der Waals surface area contributed by atoms with E-state index in [0.29, 0.717) is 17.6 Å². The first-order valence-electron chi connectivity index (χ1n) is 7.18. The lowest BCUT2D eigenvalue weighted by atomic mass is 10.1. The Kier molecular flexibility index (Phi) is 5.68. The van der Waals surface area contributed by atoms with Crippen LogP contribution in [0.2, 0.25) is 0 Å². The minimum atomic E-state index is -4.64. The lowest BCUT2D eigenvalue weighted by molar-refractivity contribution is -0.384. The number of para-hydroxylation sites is 2. The lowest BCUT2D eigenvalue weighted by Crippen LogP contribution is -2.13. The highest BCUT2D eigenvalue weighted by atomic mass is 19.4. The number of ether oxygens (including phenoxy) is 2. The maximum absolute atomic E-state index is 12.7. The largest absolute Gasteiger partial charge is 0.493 e. The van der Waals surface area contributed by atoms with Gasteiger partial charge in [0.2, 0.25) is 0 Å². The smallest absolute Gasteiger partial charge is 0.416 e. The molecule has 6 nitrogen and oxygen atoms in total. The van der Waals surface area contributed by atoms with Crippen molar-refractivity contribution >= 4 is 11.4 Å². The van der Waals surface area contributed by atoms with Crippen LogP contribution in [0.1, 0.15) is 5.56 Å². The van der Waals surface area contributed by atoms with Gasteiger partial charge in [-0.25, -0.2) is 0 Å². The first kappa shape index (κ1) is 18.4. The van der Waals surface area contributed by atoms with E-state index >= 15 is 0 Å². The van der Waals surface area contributed by atoms with Crippen molar-refractivity contribution in [2.45, 2.75) is 6.18 Å². The second-order valence-electron chi connectivity index (χ2n) is 4.91. The van der Waals surface area contributed by atoms with E-state index in [1.54, 1.807) is 24.3 Å². The van der Waals surface area contributed by atoms with E-state index in [4.69, 9.17) is 9.47 Å². The summed E-state index contributed by atoms with van der Waals surface area (Å²) in [6.45, 7) is 0.294. The normalized spacial score (nSPS) is 11.0. The number of anilines is 1. The fourth-order valence-electron chi connectivity index (χ4n) is 2.09. The van der Waals surface area contributed by atoms with Crippen LogP contribution in [0, 0.1) is 10.1 Å². The first-order chi connectivity index (χ1) is 11.8. The monoisotopic (exact) mass is 356 g/mol. The number of benzene rings is 2. The summed E-state index contributed by atoms with van der Waals surface area (Å²) in [6.07, 6.45) is -4.64. The van der Waals surface area contributed by atoms with Gasteiger partial charge in [0.05, 0.1) is 17.6 Å². The maximum Gasteiger partial charge on any atom is 0.416 e. The number of nitro groups is 1. The van der Waals surface area contributed by atoms with Crippen molar-refractivity contribution in [1.29, 1.82) is 0 Å². The van der Waals surface area contributed by atoms with Gasteiger partial charge in [0.25, 0.3) is 5.69 Å². The van der Waals surface area contributed by atoms with Crippen LogP contribution in [0.15, 0.2) is 42.5 Å². The molecule has 0 spiro atoms. The van der Waals surface area contributed by atoms with Gasteiger partial charge in [0.15, 0.2) is 11.5 Å². The van der Waals surface area contributed by atoms with Crippen LogP contribution < -0.4 is 14.8 Å². The number of alkyl halides is 3. The molecule has 0 heterocycles. The molecule has 0 aromatic heterocycles. The predicted octanol–water partition coefficient (Wildman–Crippen LogP) is 4.11. The van der Waals surface area contributed by atoms with Crippen LogP contribution in [-0.2, 0) is 6.18 Å². The molecule has 0 aliphatic carbocycles. The molecule has 1 N–H and O–H groups in total. The molecule has 0 fully saturated rings. The average Bonchev–Trinajstić information content (AvgIpc) is 2.58. The number of nitro benzene ring substituents is 1. The number of hydrogen-bond donors (Lipinski definition) is 1. The van der Waals surface area contributed by atoms with E-state index in [2.05, 4.69) is 5.32 Å². The van der Waals surface area contributed by atoms with Gasteiger partial charge in [-0.1, -0.05) is 12.1 Å². The Hall–Kier alpha value is -2.97. The summed E-state index contributed by atoms with van der Waals surface area (Å²) in [6, 6.07) is 9.26. The number of hydrogen-bond acceptors (Lipinski definition) is 5. The number of nitrogens with one attached hydrogen (secondary N) is 1.